The van der Waals surface area contributed by atoms with E-state index in [1.165, 1.54) is 11.7 Å². The molecule has 1 heterocycles. The molecule has 0 aromatic carbocycles. The monoisotopic (exact) mass is 175 g/mol. The molecule has 0 saturated carbocycles. The normalized spacial score (nSPS) is 10.1. The van der Waals surface area contributed by atoms with E-state index < -0.39 is 0 Å². The van der Waals surface area contributed by atoms with Crippen molar-refractivity contribution in [2.75, 3.05) is 12.3 Å². The van der Waals surface area contributed by atoms with Gasteiger partial charge in [-0.1, -0.05) is 0 Å². The third kappa shape index (κ3) is 2.64. The maximum Gasteiger partial charge on any atom is 0.0841 e. The average Bonchev–Trinajstić information content (AvgIpc) is 2.41. The molecule has 0 amide bonds. The Labute approximate surface area is 68.4 Å². The Morgan fingerprint density at radius 1 is 1.70 bits per heavy atom. The van der Waals surface area contributed by atoms with Gasteiger partial charge >= 0.3 is 0 Å². The minimum absolute atomic E-state index is 0.738. The molecular formula is C5H9N3S2. The summed E-state index contributed by atoms with van der Waals surface area (Å²) in [6.45, 7) is 0.738. The Morgan fingerprint density at radius 2 is 2.60 bits per heavy atom. The number of aromatic nitrogens is 2. The maximum atomic E-state index is 5.31. The number of hydrogen-bond acceptors (Lipinski definition) is 5. The standard InChI is InChI=1S/C5H9N3S2/c6-1-2-9-4-5-3-7-10-8-5/h3H,1-2,4,6H2. The van der Waals surface area contributed by atoms with Crippen LogP contribution in [0.1, 0.15) is 5.69 Å². The maximum absolute atomic E-state index is 5.31. The largest absolute Gasteiger partial charge is 0.330 e. The lowest BCUT2D eigenvalue weighted by molar-refractivity contribution is 1.14. The Hall–Kier alpha value is -0.130. The topological polar surface area (TPSA) is 51.8 Å². The van der Waals surface area contributed by atoms with Crippen LogP contribution in [0.25, 0.3) is 0 Å². The Balaban J connectivity index is 2.15. The van der Waals surface area contributed by atoms with Crippen LogP contribution in [0.3, 0.4) is 0 Å². The summed E-state index contributed by atoms with van der Waals surface area (Å²) in [5, 5.41) is 0. The highest BCUT2D eigenvalue weighted by Gasteiger charge is 1.94. The van der Waals surface area contributed by atoms with Gasteiger partial charge in [-0.25, -0.2) is 0 Å². The quantitative estimate of drug-likeness (QED) is 0.685. The van der Waals surface area contributed by atoms with E-state index in [9.17, 15) is 0 Å². The van der Waals surface area contributed by atoms with Crippen molar-refractivity contribution in [1.29, 1.82) is 0 Å². The number of hydrogen-bond donors (Lipinski definition) is 1. The molecule has 1 aromatic heterocycles. The van der Waals surface area contributed by atoms with Gasteiger partial charge in [0.1, 0.15) is 0 Å². The molecule has 56 valence electrons. The van der Waals surface area contributed by atoms with Crippen molar-refractivity contribution >= 4 is 23.5 Å². The van der Waals surface area contributed by atoms with E-state index in [0.717, 1.165) is 23.7 Å². The lowest BCUT2D eigenvalue weighted by atomic mass is 10.6. The van der Waals surface area contributed by atoms with Crippen molar-refractivity contribution in [2.24, 2.45) is 5.73 Å². The first-order valence-corrected chi connectivity index (χ1v) is 4.86. The van der Waals surface area contributed by atoms with Gasteiger partial charge in [-0.3, -0.25) is 0 Å². The summed E-state index contributed by atoms with van der Waals surface area (Å²) in [5.41, 5.74) is 6.37. The van der Waals surface area contributed by atoms with Crippen molar-refractivity contribution in [3.63, 3.8) is 0 Å². The van der Waals surface area contributed by atoms with E-state index in [1.807, 2.05) is 0 Å². The predicted molar refractivity (Wildman–Crippen MR) is 45.1 cm³/mol. The molecule has 2 N–H and O–H groups in total. The first kappa shape index (κ1) is 7.97. The first-order chi connectivity index (χ1) is 4.93. The van der Waals surface area contributed by atoms with Gasteiger partial charge < -0.3 is 5.73 Å². The number of nitrogens with two attached hydrogens (primary N) is 1. The van der Waals surface area contributed by atoms with Crippen LogP contribution in [-0.2, 0) is 5.75 Å². The number of rotatable bonds is 4. The zero-order chi connectivity index (χ0) is 7.23. The van der Waals surface area contributed by atoms with E-state index in [0.29, 0.717) is 0 Å². The number of nitrogens with zero attached hydrogens (tertiary/aromatic N) is 2. The lowest BCUT2D eigenvalue weighted by Crippen LogP contribution is -2.01. The van der Waals surface area contributed by atoms with Gasteiger partial charge in [0.15, 0.2) is 0 Å². The van der Waals surface area contributed by atoms with Gasteiger partial charge in [-0.2, -0.15) is 20.5 Å². The molecule has 0 fully saturated rings. The van der Waals surface area contributed by atoms with Gasteiger partial charge in [-0.05, 0) is 0 Å². The van der Waals surface area contributed by atoms with Gasteiger partial charge in [0.2, 0.25) is 0 Å². The molecular weight excluding hydrogens is 166 g/mol. The Kier molecular flexibility index (Phi) is 3.71. The molecule has 10 heavy (non-hydrogen) atoms. The summed E-state index contributed by atoms with van der Waals surface area (Å²) in [4.78, 5) is 0. The molecule has 0 aliphatic rings. The van der Waals surface area contributed by atoms with Crippen LogP contribution >= 0.6 is 23.5 Å². The van der Waals surface area contributed by atoms with E-state index in [2.05, 4.69) is 8.75 Å². The van der Waals surface area contributed by atoms with E-state index in [1.54, 1.807) is 18.0 Å². The molecule has 1 aromatic rings. The first-order valence-electron chi connectivity index (χ1n) is 2.97. The Bertz CT molecular complexity index is 163. The zero-order valence-corrected chi connectivity index (χ0v) is 7.12. The summed E-state index contributed by atoms with van der Waals surface area (Å²) in [7, 11) is 0. The van der Waals surface area contributed by atoms with Crippen LogP contribution in [0, 0.1) is 0 Å². The molecule has 0 aliphatic carbocycles. The highest BCUT2D eigenvalue weighted by Crippen LogP contribution is 2.08. The fraction of sp³-hybridized carbons (Fsp3) is 0.600. The third-order valence-electron chi connectivity index (χ3n) is 0.919. The predicted octanol–water partition coefficient (Wildman–Crippen LogP) is 0.730. The Morgan fingerprint density at radius 3 is 3.20 bits per heavy atom. The summed E-state index contributed by atoms with van der Waals surface area (Å²) in [5.74, 6) is 1.94. The second kappa shape index (κ2) is 4.65. The lowest BCUT2D eigenvalue weighted by Gasteiger charge is -1.92. The molecule has 0 aliphatic heterocycles. The van der Waals surface area contributed by atoms with Gasteiger partial charge in [0.25, 0.3) is 0 Å². The molecule has 0 atom stereocenters. The summed E-state index contributed by atoms with van der Waals surface area (Å²) in [6.07, 6.45) is 1.80. The molecule has 0 unspecified atom stereocenters. The highest BCUT2D eigenvalue weighted by atomic mass is 32.2. The highest BCUT2D eigenvalue weighted by molar-refractivity contribution is 7.98. The van der Waals surface area contributed by atoms with E-state index in [4.69, 9.17) is 5.73 Å². The SMILES string of the molecule is NCCSCc1cnsn1. The van der Waals surface area contributed by atoms with E-state index in [-0.39, 0.29) is 0 Å². The molecule has 0 radical (unpaired) electrons. The minimum atomic E-state index is 0.738. The third-order valence-corrected chi connectivity index (χ3v) is 2.46. The smallest absolute Gasteiger partial charge is 0.0841 e. The fourth-order valence-electron chi connectivity index (χ4n) is 0.508. The van der Waals surface area contributed by atoms with Crippen LogP contribution < -0.4 is 5.73 Å². The number of thioether (sulfide) groups is 1. The van der Waals surface area contributed by atoms with Gasteiger partial charge in [-0.15, -0.1) is 0 Å². The summed E-state index contributed by atoms with van der Waals surface area (Å²) >= 11 is 3.04. The fourth-order valence-corrected chi connectivity index (χ4v) is 1.68. The molecule has 1 rings (SSSR count). The average molecular weight is 175 g/mol. The second-order valence-corrected chi connectivity index (χ2v) is 3.40. The summed E-state index contributed by atoms with van der Waals surface area (Å²) < 4.78 is 7.94. The van der Waals surface area contributed by atoms with Crippen LogP contribution in [-0.4, -0.2) is 21.0 Å². The molecule has 0 saturated heterocycles. The van der Waals surface area contributed by atoms with Gasteiger partial charge in [0, 0.05) is 18.1 Å². The van der Waals surface area contributed by atoms with Crippen molar-refractivity contribution < 1.29 is 0 Å². The van der Waals surface area contributed by atoms with Crippen molar-refractivity contribution in [3.8, 4) is 0 Å². The van der Waals surface area contributed by atoms with Crippen LogP contribution in [0.2, 0.25) is 0 Å². The van der Waals surface area contributed by atoms with Crippen molar-refractivity contribution in [2.45, 2.75) is 5.75 Å². The second-order valence-electron chi connectivity index (χ2n) is 1.74. The van der Waals surface area contributed by atoms with E-state index >= 15 is 0 Å². The van der Waals surface area contributed by atoms with Gasteiger partial charge in [0.05, 0.1) is 23.6 Å². The molecule has 5 heteroatoms. The van der Waals surface area contributed by atoms with Crippen molar-refractivity contribution in [3.05, 3.63) is 11.9 Å². The molecule has 0 bridgehead atoms. The summed E-state index contributed by atoms with van der Waals surface area (Å²) in [6, 6.07) is 0. The molecule has 0 spiro atoms. The minimum Gasteiger partial charge on any atom is -0.330 e. The van der Waals surface area contributed by atoms with Crippen molar-refractivity contribution in [1.82, 2.24) is 8.75 Å². The van der Waals surface area contributed by atoms with Crippen LogP contribution in [0.15, 0.2) is 6.20 Å². The van der Waals surface area contributed by atoms with Crippen LogP contribution in [0.5, 0.6) is 0 Å². The zero-order valence-electron chi connectivity index (χ0n) is 5.49. The van der Waals surface area contributed by atoms with Crippen LogP contribution in [0.4, 0.5) is 0 Å². The molecule has 3 nitrogen and oxygen atoms in total.